The van der Waals surface area contributed by atoms with E-state index in [1.54, 1.807) is 12.1 Å². The molecule has 4 atom stereocenters. The summed E-state index contributed by atoms with van der Waals surface area (Å²) < 4.78 is 20.8. The molecular formula is C29H37FN2O3. The summed E-state index contributed by atoms with van der Waals surface area (Å²) in [5.41, 5.74) is 3.24. The van der Waals surface area contributed by atoms with E-state index in [4.69, 9.17) is 4.74 Å². The van der Waals surface area contributed by atoms with Crippen molar-refractivity contribution in [2.24, 2.45) is 11.8 Å². The smallest absolute Gasteiger partial charge is 0.314 e. The minimum Gasteiger partial charge on any atom is -0.426 e. The van der Waals surface area contributed by atoms with Gasteiger partial charge in [-0.05, 0) is 55.5 Å². The summed E-state index contributed by atoms with van der Waals surface area (Å²) in [6, 6.07) is 15.3. The lowest BCUT2D eigenvalue weighted by molar-refractivity contribution is -0.139. The molecule has 4 rings (SSSR count). The number of hydrogen-bond donors (Lipinski definition) is 0. The summed E-state index contributed by atoms with van der Waals surface area (Å²) in [4.78, 5) is 29.2. The van der Waals surface area contributed by atoms with Gasteiger partial charge < -0.3 is 9.64 Å². The molecule has 2 aromatic carbocycles. The van der Waals surface area contributed by atoms with Gasteiger partial charge in [0, 0.05) is 25.6 Å². The lowest BCUT2D eigenvalue weighted by Gasteiger charge is -2.37. The molecule has 0 spiro atoms. The van der Waals surface area contributed by atoms with Crippen molar-refractivity contribution in [3.05, 3.63) is 65.2 Å². The quantitative estimate of drug-likeness (QED) is 0.408. The van der Waals surface area contributed by atoms with Gasteiger partial charge in [-0.2, -0.15) is 0 Å². The van der Waals surface area contributed by atoms with E-state index in [1.807, 2.05) is 42.7 Å². The normalized spacial score (nSPS) is 24.1. The van der Waals surface area contributed by atoms with E-state index >= 15 is 4.39 Å². The Bertz CT molecular complexity index is 1020. The molecule has 2 saturated heterocycles. The van der Waals surface area contributed by atoms with Crippen LogP contribution in [-0.4, -0.2) is 53.5 Å². The number of nitrogens with zero attached hydrogens (tertiary/aromatic N) is 2. The fraction of sp³-hybridized carbons (Fsp3) is 0.517. The summed E-state index contributed by atoms with van der Waals surface area (Å²) in [5, 5.41) is 0. The third-order valence-corrected chi connectivity index (χ3v) is 7.68. The summed E-state index contributed by atoms with van der Waals surface area (Å²) in [7, 11) is 0. The first-order valence-electron chi connectivity index (χ1n) is 12.8. The van der Waals surface area contributed by atoms with E-state index in [0.717, 1.165) is 17.5 Å². The Morgan fingerprint density at radius 3 is 2.34 bits per heavy atom. The largest absolute Gasteiger partial charge is 0.426 e. The van der Waals surface area contributed by atoms with E-state index in [2.05, 4.69) is 31.2 Å². The second-order valence-electron chi connectivity index (χ2n) is 10.5. The number of aryl methyl sites for hydroxylation is 1. The third-order valence-electron chi connectivity index (χ3n) is 7.68. The van der Waals surface area contributed by atoms with Crippen LogP contribution >= 0.6 is 0 Å². The highest BCUT2D eigenvalue weighted by molar-refractivity contribution is 5.84. The first-order chi connectivity index (χ1) is 16.7. The van der Waals surface area contributed by atoms with Crippen LogP contribution in [0.25, 0.3) is 0 Å². The molecule has 188 valence electrons. The molecule has 6 heteroatoms. The predicted molar refractivity (Wildman–Crippen MR) is 135 cm³/mol. The molecule has 0 unspecified atom stereocenters. The maximum Gasteiger partial charge on any atom is 0.314 e. The van der Waals surface area contributed by atoms with Crippen LogP contribution in [0.5, 0.6) is 5.75 Å². The Morgan fingerprint density at radius 2 is 1.71 bits per heavy atom. The van der Waals surface area contributed by atoms with E-state index in [0.29, 0.717) is 31.8 Å². The summed E-state index contributed by atoms with van der Waals surface area (Å²) in [6.07, 6.45) is 0.362. The molecule has 35 heavy (non-hydrogen) atoms. The van der Waals surface area contributed by atoms with Gasteiger partial charge >= 0.3 is 5.97 Å². The van der Waals surface area contributed by atoms with Gasteiger partial charge in [-0.3, -0.25) is 14.5 Å². The van der Waals surface area contributed by atoms with Crippen LogP contribution in [0.2, 0.25) is 0 Å². The van der Waals surface area contributed by atoms with Gasteiger partial charge in [0.25, 0.3) is 0 Å². The van der Waals surface area contributed by atoms with Crippen molar-refractivity contribution in [2.75, 3.05) is 19.6 Å². The van der Waals surface area contributed by atoms with Gasteiger partial charge in [-0.25, -0.2) is 4.39 Å². The summed E-state index contributed by atoms with van der Waals surface area (Å²) in [5.74, 6) is 0.163. The minimum atomic E-state index is -1.04. The van der Waals surface area contributed by atoms with Gasteiger partial charge in [0.2, 0.25) is 5.91 Å². The van der Waals surface area contributed by atoms with E-state index < -0.39 is 6.17 Å². The zero-order chi connectivity index (χ0) is 25.1. The fourth-order valence-corrected chi connectivity index (χ4v) is 4.98. The van der Waals surface area contributed by atoms with Crippen molar-refractivity contribution in [2.45, 2.75) is 65.2 Å². The molecule has 0 radical (unpaired) electrons. The zero-order valence-corrected chi connectivity index (χ0v) is 21.2. The van der Waals surface area contributed by atoms with Crippen LogP contribution in [0.4, 0.5) is 4.39 Å². The third kappa shape index (κ3) is 5.92. The van der Waals surface area contributed by atoms with Crippen LogP contribution in [0.3, 0.4) is 0 Å². The van der Waals surface area contributed by atoms with E-state index in [-0.39, 0.29) is 42.2 Å². The van der Waals surface area contributed by atoms with Crippen molar-refractivity contribution in [1.82, 2.24) is 9.80 Å². The zero-order valence-electron chi connectivity index (χ0n) is 21.2. The average Bonchev–Trinajstić information content (AvgIpc) is 3.20. The van der Waals surface area contributed by atoms with Gasteiger partial charge in [0.05, 0.1) is 12.0 Å². The Labute approximate surface area is 208 Å². The van der Waals surface area contributed by atoms with E-state index in [9.17, 15) is 9.59 Å². The number of rotatable bonds is 7. The molecule has 2 aliphatic heterocycles. The number of esters is 1. The molecule has 2 aliphatic rings. The number of alkyl halides is 1. The average molecular weight is 481 g/mol. The number of amides is 1. The molecule has 0 aromatic heterocycles. The van der Waals surface area contributed by atoms with Crippen molar-refractivity contribution >= 4 is 11.9 Å². The number of piperidine rings is 1. The molecule has 5 nitrogen and oxygen atoms in total. The number of likely N-dealkylation sites (tertiary alicyclic amines) is 2. The van der Waals surface area contributed by atoms with Gasteiger partial charge in [-0.15, -0.1) is 0 Å². The molecule has 1 amide bonds. The number of carbonyl (C=O) groups excluding carboxylic acids is 2. The van der Waals surface area contributed by atoms with Crippen LogP contribution in [-0.2, 0) is 16.1 Å². The summed E-state index contributed by atoms with van der Waals surface area (Å²) in [6.45, 7) is 10.2. The second-order valence-corrected chi connectivity index (χ2v) is 10.5. The van der Waals surface area contributed by atoms with Crippen LogP contribution < -0.4 is 4.74 Å². The lowest BCUT2D eigenvalue weighted by atomic mass is 9.87. The van der Waals surface area contributed by atoms with E-state index in [1.165, 1.54) is 5.56 Å². The number of carbonyl (C=O) groups is 2. The van der Waals surface area contributed by atoms with Crippen molar-refractivity contribution in [1.29, 1.82) is 0 Å². The highest BCUT2D eigenvalue weighted by Crippen LogP contribution is 2.34. The SMILES string of the molecule is Cc1ccc(CN2CC[C@@H](N3CC[C@@H](c4ccc(OC(=O)[C@@H](C)C(C)C)cc4)[C@H](F)C3)C2=O)cc1. The van der Waals surface area contributed by atoms with Crippen molar-refractivity contribution < 1.29 is 18.7 Å². The maximum absolute atomic E-state index is 15.3. The molecule has 0 aliphatic carbocycles. The first kappa shape index (κ1) is 25.4. The van der Waals surface area contributed by atoms with Crippen molar-refractivity contribution in [3.63, 3.8) is 0 Å². The Hall–Kier alpha value is -2.73. The highest BCUT2D eigenvalue weighted by Gasteiger charge is 2.40. The Morgan fingerprint density at radius 1 is 1.03 bits per heavy atom. The van der Waals surface area contributed by atoms with Gasteiger partial charge in [0.1, 0.15) is 11.9 Å². The summed E-state index contributed by atoms with van der Waals surface area (Å²) >= 11 is 0. The molecule has 0 saturated carbocycles. The molecular weight excluding hydrogens is 443 g/mol. The predicted octanol–water partition coefficient (Wildman–Crippen LogP) is 5.12. The molecule has 2 aromatic rings. The number of benzene rings is 2. The monoisotopic (exact) mass is 480 g/mol. The maximum atomic E-state index is 15.3. The number of halogens is 1. The second kappa shape index (κ2) is 10.9. The fourth-order valence-electron chi connectivity index (χ4n) is 4.98. The molecule has 0 N–H and O–H groups in total. The van der Waals surface area contributed by atoms with Gasteiger partial charge in [-0.1, -0.05) is 62.7 Å². The number of hydrogen-bond acceptors (Lipinski definition) is 4. The van der Waals surface area contributed by atoms with Crippen LogP contribution in [0.15, 0.2) is 48.5 Å². The minimum absolute atomic E-state index is 0.109. The van der Waals surface area contributed by atoms with Crippen LogP contribution in [0.1, 0.15) is 56.2 Å². The standard InChI is InChI=1S/C29H37FN2O3/c1-19(2)21(4)29(34)35-24-11-9-23(10-12-24)25-13-15-31(18-26(25)30)27-14-16-32(28(27)33)17-22-7-5-20(3)6-8-22/h5-12,19,21,25-27H,13-18H2,1-4H3/t21-,25-,26+,27+/m0/s1. The highest BCUT2D eigenvalue weighted by atomic mass is 19.1. The molecule has 0 bridgehead atoms. The van der Waals surface area contributed by atoms with Crippen LogP contribution in [0, 0.1) is 18.8 Å². The number of ether oxygens (including phenoxy) is 1. The Kier molecular flexibility index (Phi) is 7.90. The van der Waals surface area contributed by atoms with Crippen molar-refractivity contribution in [3.8, 4) is 5.75 Å². The topological polar surface area (TPSA) is 49.9 Å². The van der Waals surface area contributed by atoms with Gasteiger partial charge in [0.15, 0.2) is 0 Å². The lowest BCUT2D eigenvalue weighted by Crippen LogP contribution is -2.49. The Balaban J connectivity index is 1.32. The first-order valence-corrected chi connectivity index (χ1v) is 12.8. The molecule has 2 fully saturated rings. The molecule has 2 heterocycles.